The standard InChI is InChI=1S/C42H58O6/c1-29(18-14-19-31(3)22-23-37-38(6,7)26-35(47-33(5)43)27-40(37,10)46)16-12-13-17-30(2)20-15-21-32(4)36(45)28-42-39(8,9)24-34(44)25-41(42,11)48-42/h12-22,34-35,44,46H,24-28H2,1-11H3/t23?,34?,35?,40-,41?,42?/m1/s1. The number of hydrogen-bond acceptors (Lipinski definition) is 6. The number of carbonyl (C=O) groups is 2. The van der Waals surface area contributed by atoms with Crippen LogP contribution < -0.4 is 0 Å². The summed E-state index contributed by atoms with van der Waals surface area (Å²) in [6, 6.07) is 0. The lowest BCUT2D eigenvalue weighted by molar-refractivity contribution is -0.152. The fraction of sp³-hybridized carbons (Fsp3) is 0.548. The van der Waals surface area contributed by atoms with Crippen molar-refractivity contribution < 1.29 is 29.3 Å². The van der Waals surface area contributed by atoms with Gasteiger partial charge in [-0.05, 0) is 82.4 Å². The largest absolute Gasteiger partial charge is 0.462 e. The van der Waals surface area contributed by atoms with Crippen molar-refractivity contribution in [3.8, 4) is 0 Å². The van der Waals surface area contributed by atoms with Crippen molar-refractivity contribution in [2.75, 3.05) is 0 Å². The molecule has 2 N–H and O–H groups in total. The van der Waals surface area contributed by atoms with Gasteiger partial charge in [0.05, 0.1) is 17.3 Å². The Balaban J connectivity index is 1.54. The Hall–Kier alpha value is -3.28. The van der Waals surface area contributed by atoms with E-state index in [9.17, 15) is 19.8 Å². The van der Waals surface area contributed by atoms with Crippen molar-refractivity contribution in [2.45, 2.75) is 137 Å². The molecule has 0 aromatic heterocycles. The van der Waals surface area contributed by atoms with Gasteiger partial charge in [-0.1, -0.05) is 99.6 Å². The van der Waals surface area contributed by atoms with E-state index in [1.165, 1.54) is 6.92 Å². The van der Waals surface area contributed by atoms with E-state index in [4.69, 9.17) is 9.47 Å². The molecule has 5 atom stereocenters. The van der Waals surface area contributed by atoms with Gasteiger partial charge in [-0.3, -0.25) is 9.59 Å². The summed E-state index contributed by atoms with van der Waals surface area (Å²) in [5, 5.41) is 21.4. The zero-order valence-electron chi connectivity index (χ0n) is 31.1. The van der Waals surface area contributed by atoms with Gasteiger partial charge in [-0.25, -0.2) is 0 Å². The Bertz CT molecular complexity index is 1510. The van der Waals surface area contributed by atoms with Crippen molar-refractivity contribution >= 4 is 11.8 Å². The minimum atomic E-state index is -1.11. The summed E-state index contributed by atoms with van der Waals surface area (Å²) in [6.07, 6.45) is 23.6. The van der Waals surface area contributed by atoms with Crippen LogP contribution in [-0.2, 0) is 19.1 Å². The first kappa shape index (κ1) is 39.2. The lowest BCUT2D eigenvalue weighted by Crippen LogP contribution is -2.48. The first-order valence-corrected chi connectivity index (χ1v) is 17.1. The Morgan fingerprint density at radius 2 is 1.38 bits per heavy atom. The number of epoxide rings is 1. The van der Waals surface area contributed by atoms with Crippen molar-refractivity contribution in [3.63, 3.8) is 0 Å². The van der Waals surface area contributed by atoms with E-state index in [2.05, 4.69) is 19.6 Å². The highest BCUT2D eigenvalue weighted by atomic mass is 16.6. The van der Waals surface area contributed by atoms with Gasteiger partial charge in [0.15, 0.2) is 5.78 Å². The number of aliphatic hydroxyl groups excluding tert-OH is 1. The van der Waals surface area contributed by atoms with Crippen molar-refractivity contribution in [1.29, 1.82) is 0 Å². The highest BCUT2D eigenvalue weighted by molar-refractivity contribution is 5.96. The number of esters is 1. The van der Waals surface area contributed by atoms with E-state index >= 15 is 0 Å². The number of hydrogen-bond donors (Lipinski definition) is 2. The Labute approximate surface area is 289 Å². The fourth-order valence-corrected chi connectivity index (χ4v) is 7.76. The predicted molar refractivity (Wildman–Crippen MR) is 194 cm³/mol. The van der Waals surface area contributed by atoms with E-state index in [0.29, 0.717) is 37.7 Å². The molecule has 3 aliphatic rings. The molecule has 0 aromatic carbocycles. The zero-order chi connectivity index (χ0) is 36.1. The molecule has 0 spiro atoms. The summed E-state index contributed by atoms with van der Waals surface area (Å²) in [6.45, 7) is 21.4. The monoisotopic (exact) mass is 658 g/mol. The van der Waals surface area contributed by atoms with E-state index in [0.717, 1.165) is 22.3 Å². The van der Waals surface area contributed by atoms with E-state index < -0.39 is 16.8 Å². The smallest absolute Gasteiger partial charge is 0.302 e. The van der Waals surface area contributed by atoms with Crippen LogP contribution in [0.5, 0.6) is 0 Å². The van der Waals surface area contributed by atoms with Crippen LogP contribution in [0.4, 0.5) is 0 Å². The molecule has 6 heteroatoms. The molecule has 2 saturated carbocycles. The molecule has 6 nitrogen and oxygen atoms in total. The molecule has 1 saturated heterocycles. The molecule has 262 valence electrons. The third kappa shape index (κ3) is 9.66. The van der Waals surface area contributed by atoms with Crippen LogP contribution in [0, 0.1) is 10.8 Å². The number of allylic oxidation sites excluding steroid dienone is 14. The lowest BCUT2D eigenvalue weighted by Gasteiger charge is -2.44. The molecule has 1 aliphatic heterocycles. The molecule has 0 aromatic rings. The first-order chi connectivity index (χ1) is 22.1. The number of ketones is 1. The van der Waals surface area contributed by atoms with Crippen LogP contribution in [0.15, 0.2) is 100 Å². The molecule has 0 amide bonds. The second-order valence-electron chi connectivity index (χ2n) is 15.9. The normalized spacial score (nSPS) is 32.4. The summed E-state index contributed by atoms with van der Waals surface area (Å²) in [5.41, 5.74) is 5.35. The van der Waals surface area contributed by atoms with Gasteiger partial charge in [-0.2, -0.15) is 0 Å². The minimum Gasteiger partial charge on any atom is -0.462 e. The zero-order valence-corrected chi connectivity index (χ0v) is 31.1. The maximum Gasteiger partial charge on any atom is 0.302 e. The van der Waals surface area contributed by atoms with Crippen LogP contribution in [0.1, 0.15) is 108 Å². The van der Waals surface area contributed by atoms with Gasteiger partial charge in [-0.15, -0.1) is 5.73 Å². The molecule has 48 heavy (non-hydrogen) atoms. The van der Waals surface area contributed by atoms with Crippen molar-refractivity contribution in [3.05, 3.63) is 100 Å². The molecule has 3 fully saturated rings. The van der Waals surface area contributed by atoms with E-state index in [1.54, 1.807) is 6.92 Å². The van der Waals surface area contributed by atoms with E-state index in [1.807, 2.05) is 115 Å². The summed E-state index contributed by atoms with van der Waals surface area (Å²) in [4.78, 5) is 24.5. The molecule has 4 unspecified atom stereocenters. The van der Waals surface area contributed by atoms with Gasteiger partial charge < -0.3 is 19.7 Å². The second-order valence-corrected chi connectivity index (χ2v) is 15.9. The van der Waals surface area contributed by atoms with Gasteiger partial charge in [0, 0.05) is 31.8 Å². The molecule has 3 rings (SSSR count). The maximum absolute atomic E-state index is 13.1. The number of Topliss-reactive ketones (excluding diaryl/α,β-unsaturated/α-hetero) is 1. The van der Waals surface area contributed by atoms with E-state index in [-0.39, 0.29) is 34.8 Å². The summed E-state index contributed by atoms with van der Waals surface area (Å²) < 4.78 is 11.6. The Morgan fingerprint density at radius 1 is 0.812 bits per heavy atom. The highest BCUT2D eigenvalue weighted by Gasteiger charge is 2.76. The highest BCUT2D eigenvalue weighted by Crippen LogP contribution is 2.67. The van der Waals surface area contributed by atoms with Crippen LogP contribution >= 0.6 is 0 Å². The number of rotatable bonds is 11. The topological polar surface area (TPSA) is 96.4 Å². The van der Waals surface area contributed by atoms with Gasteiger partial charge in [0.25, 0.3) is 0 Å². The predicted octanol–water partition coefficient (Wildman–Crippen LogP) is 8.69. The van der Waals surface area contributed by atoms with Crippen LogP contribution in [-0.4, -0.2) is 51.0 Å². The van der Waals surface area contributed by atoms with Crippen LogP contribution in [0.2, 0.25) is 0 Å². The van der Waals surface area contributed by atoms with Crippen molar-refractivity contribution in [1.82, 2.24) is 0 Å². The first-order valence-electron chi connectivity index (χ1n) is 17.1. The number of ether oxygens (including phenoxy) is 2. The molecule has 1 heterocycles. The molecular weight excluding hydrogens is 600 g/mol. The third-order valence-corrected chi connectivity index (χ3v) is 10.1. The fourth-order valence-electron chi connectivity index (χ4n) is 7.76. The second kappa shape index (κ2) is 15.1. The molecule has 0 bridgehead atoms. The number of fused-ring (bicyclic) bond motifs is 1. The molecular formula is C42H58O6. The maximum atomic E-state index is 13.1. The van der Waals surface area contributed by atoms with Crippen LogP contribution in [0.25, 0.3) is 0 Å². The average Bonchev–Trinajstić information content (AvgIpc) is 3.53. The lowest BCUT2D eigenvalue weighted by atomic mass is 9.61. The van der Waals surface area contributed by atoms with Crippen LogP contribution in [0.3, 0.4) is 0 Å². The van der Waals surface area contributed by atoms with Gasteiger partial charge in [0.2, 0.25) is 0 Å². The number of aliphatic hydroxyl groups is 2. The third-order valence-electron chi connectivity index (χ3n) is 10.1. The Kier molecular flexibility index (Phi) is 12.3. The summed E-state index contributed by atoms with van der Waals surface area (Å²) in [5.74, 6) is -0.244. The Morgan fingerprint density at radius 3 is 1.92 bits per heavy atom. The minimum absolute atomic E-state index is 0.0816. The van der Waals surface area contributed by atoms with Gasteiger partial charge in [0.1, 0.15) is 11.7 Å². The average molecular weight is 659 g/mol. The van der Waals surface area contributed by atoms with Gasteiger partial charge >= 0.3 is 5.97 Å². The molecule has 2 aliphatic carbocycles. The summed E-state index contributed by atoms with van der Waals surface area (Å²) in [7, 11) is 0. The van der Waals surface area contributed by atoms with Crippen molar-refractivity contribution in [2.24, 2.45) is 10.8 Å². The summed E-state index contributed by atoms with van der Waals surface area (Å²) >= 11 is 0. The molecule has 0 radical (unpaired) electrons. The quantitative estimate of drug-likeness (QED) is 0.0758. The SMILES string of the molecule is CC(=O)OC1CC(C)(C)C(=C=CC(C)=CC=CC(C)=CC=CC=C(C)C=CC=C(C)C(=O)CC23OC2(C)CC(O)CC3(C)C)[C@](C)(O)C1. The number of carbonyl (C=O) groups excluding carboxylic acids is 2.